The number of hydrogen-bond acceptors (Lipinski definition) is 5. The predicted octanol–water partition coefficient (Wildman–Crippen LogP) is 5.27. The Kier molecular flexibility index (Phi) is 5.35. The van der Waals surface area contributed by atoms with Crippen LogP contribution in [-0.4, -0.2) is 19.7 Å². The number of rotatable bonds is 6. The van der Waals surface area contributed by atoms with Crippen molar-refractivity contribution in [3.8, 4) is 17.1 Å². The first-order valence-corrected chi connectivity index (χ1v) is 9.74. The second-order valence-electron chi connectivity index (χ2n) is 6.16. The van der Waals surface area contributed by atoms with Crippen molar-refractivity contribution in [2.45, 2.75) is 10.9 Å². The molecule has 0 fully saturated rings. The van der Waals surface area contributed by atoms with Crippen LogP contribution in [0.2, 0.25) is 0 Å². The molecule has 3 aromatic carbocycles. The van der Waals surface area contributed by atoms with Crippen molar-refractivity contribution in [3.63, 3.8) is 0 Å². The van der Waals surface area contributed by atoms with E-state index < -0.39 is 4.92 Å². The molecule has 0 unspecified atom stereocenters. The summed E-state index contributed by atoms with van der Waals surface area (Å²) >= 11 is 1.37. The number of thioether (sulfide) groups is 1. The lowest BCUT2D eigenvalue weighted by Crippen LogP contribution is -2.00. The van der Waals surface area contributed by atoms with Crippen LogP contribution in [0.25, 0.3) is 17.1 Å². The Labute approximate surface area is 170 Å². The van der Waals surface area contributed by atoms with Crippen LogP contribution >= 0.6 is 11.8 Å². The number of nitro groups is 1. The summed E-state index contributed by atoms with van der Waals surface area (Å²) in [7, 11) is 0. The number of aromatic nitrogens is 3. The molecule has 144 valence electrons. The summed E-state index contributed by atoms with van der Waals surface area (Å²) in [5.41, 5.74) is 2.14. The smallest absolute Gasteiger partial charge is 0.269 e. The lowest BCUT2D eigenvalue weighted by atomic mass is 10.2. The van der Waals surface area contributed by atoms with E-state index in [1.165, 1.54) is 30.0 Å². The minimum atomic E-state index is -0.443. The number of hydrogen-bond donors (Lipinski definition) is 0. The number of halogens is 1. The lowest BCUT2D eigenvalue weighted by molar-refractivity contribution is -0.384. The van der Waals surface area contributed by atoms with E-state index in [1.807, 2.05) is 34.9 Å². The third kappa shape index (κ3) is 4.02. The van der Waals surface area contributed by atoms with Crippen molar-refractivity contribution in [3.05, 3.63) is 100 Å². The van der Waals surface area contributed by atoms with Gasteiger partial charge in [0.15, 0.2) is 11.0 Å². The molecule has 0 radical (unpaired) electrons. The quantitative estimate of drug-likeness (QED) is 0.248. The highest BCUT2D eigenvalue weighted by atomic mass is 32.2. The fourth-order valence-corrected chi connectivity index (χ4v) is 3.79. The SMILES string of the molecule is O=[N+]([O-])c1ccc(-c2nnc(SCc3ccccc3F)n2-c2ccccc2)cc1. The summed E-state index contributed by atoms with van der Waals surface area (Å²) in [5.74, 6) is 0.696. The van der Waals surface area contributed by atoms with Crippen molar-refractivity contribution < 1.29 is 9.31 Å². The molecule has 0 spiro atoms. The Balaban J connectivity index is 1.72. The molecule has 4 aromatic rings. The molecule has 0 amide bonds. The van der Waals surface area contributed by atoms with Gasteiger partial charge in [0.25, 0.3) is 5.69 Å². The van der Waals surface area contributed by atoms with Gasteiger partial charge in [-0.2, -0.15) is 0 Å². The van der Waals surface area contributed by atoms with Crippen molar-refractivity contribution in [1.82, 2.24) is 14.8 Å². The molecule has 0 saturated heterocycles. The fourth-order valence-electron chi connectivity index (χ4n) is 2.85. The van der Waals surface area contributed by atoms with Crippen molar-refractivity contribution in [2.75, 3.05) is 0 Å². The molecule has 0 saturated carbocycles. The molecule has 0 aliphatic heterocycles. The first kappa shape index (κ1) is 18.8. The zero-order chi connectivity index (χ0) is 20.2. The molecule has 0 N–H and O–H groups in total. The zero-order valence-electron chi connectivity index (χ0n) is 15.1. The van der Waals surface area contributed by atoms with Gasteiger partial charge in [0.2, 0.25) is 0 Å². The fraction of sp³-hybridized carbons (Fsp3) is 0.0476. The first-order chi connectivity index (χ1) is 14.1. The molecule has 0 bridgehead atoms. The number of benzene rings is 3. The summed E-state index contributed by atoms with van der Waals surface area (Å²) in [6.45, 7) is 0. The minimum Gasteiger partial charge on any atom is -0.270 e. The van der Waals surface area contributed by atoms with Crippen molar-refractivity contribution in [1.29, 1.82) is 0 Å². The van der Waals surface area contributed by atoms with E-state index in [0.29, 0.717) is 27.9 Å². The van der Waals surface area contributed by atoms with Crippen LogP contribution in [0.3, 0.4) is 0 Å². The maximum Gasteiger partial charge on any atom is 0.269 e. The molecule has 6 nitrogen and oxygen atoms in total. The average Bonchev–Trinajstić information content (AvgIpc) is 3.18. The Morgan fingerprint density at radius 1 is 0.931 bits per heavy atom. The third-order valence-corrected chi connectivity index (χ3v) is 5.28. The standard InChI is InChI=1S/C21H15FN4O2S/c22-19-9-5-4-6-16(19)14-29-21-24-23-20(25(21)17-7-2-1-3-8-17)15-10-12-18(13-11-15)26(27)28/h1-13H,14H2. The summed E-state index contributed by atoms with van der Waals surface area (Å²) in [5, 5.41) is 20.1. The molecule has 1 aromatic heterocycles. The molecular formula is C21H15FN4O2S. The summed E-state index contributed by atoms with van der Waals surface area (Å²) < 4.78 is 15.8. The maximum atomic E-state index is 14.0. The van der Waals surface area contributed by atoms with Gasteiger partial charge in [-0.25, -0.2) is 4.39 Å². The number of para-hydroxylation sites is 1. The second-order valence-corrected chi connectivity index (χ2v) is 7.10. The minimum absolute atomic E-state index is 0.00803. The molecule has 0 atom stereocenters. The van der Waals surface area contributed by atoms with Crippen LogP contribution in [0.15, 0.2) is 84.0 Å². The van der Waals surface area contributed by atoms with Crippen molar-refractivity contribution >= 4 is 17.4 Å². The predicted molar refractivity (Wildman–Crippen MR) is 109 cm³/mol. The van der Waals surface area contributed by atoms with E-state index >= 15 is 0 Å². The Morgan fingerprint density at radius 2 is 1.62 bits per heavy atom. The molecule has 1 heterocycles. The lowest BCUT2D eigenvalue weighted by Gasteiger charge is -2.10. The van der Waals surface area contributed by atoms with Crippen LogP contribution in [0.5, 0.6) is 0 Å². The van der Waals surface area contributed by atoms with E-state index in [4.69, 9.17) is 0 Å². The Morgan fingerprint density at radius 3 is 2.31 bits per heavy atom. The molecule has 4 rings (SSSR count). The maximum absolute atomic E-state index is 14.0. The highest BCUT2D eigenvalue weighted by Gasteiger charge is 2.17. The van der Waals surface area contributed by atoms with Crippen LogP contribution < -0.4 is 0 Å². The molecular weight excluding hydrogens is 391 g/mol. The van der Waals surface area contributed by atoms with E-state index in [2.05, 4.69) is 10.2 Å². The van der Waals surface area contributed by atoms with E-state index in [1.54, 1.807) is 30.3 Å². The second kappa shape index (κ2) is 8.24. The van der Waals surface area contributed by atoms with E-state index in [0.717, 1.165) is 5.69 Å². The van der Waals surface area contributed by atoms with Gasteiger partial charge in [0.1, 0.15) is 5.82 Å². The van der Waals surface area contributed by atoms with Crippen LogP contribution in [0.1, 0.15) is 5.56 Å². The van der Waals surface area contributed by atoms with Gasteiger partial charge in [-0.1, -0.05) is 48.2 Å². The monoisotopic (exact) mass is 406 g/mol. The Hall–Kier alpha value is -3.52. The topological polar surface area (TPSA) is 73.8 Å². The van der Waals surface area contributed by atoms with E-state index in [9.17, 15) is 14.5 Å². The highest BCUT2D eigenvalue weighted by Crippen LogP contribution is 2.30. The Bertz CT molecular complexity index is 1150. The number of nitrogens with zero attached hydrogens (tertiary/aromatic N) is 4. The number of nitro benzene ring substituents is 1. The van der Waals surface area contributed by atoms with Crippen LogP contribution in [0, 0.1) is 15.9 Å². The molecule has 29 heavy (non-hydrogen) atoms. The third-order valence-electron chi connectivity index (χ3n) is 4.30. The van der Waals surface area contributed by atoms with Gasteiger partial charge in [-0.15, -0.1) is 10.2 Å². The normalized spacial score (nSPS) is 10.8. The van der Waals surface area contributed by atoms with Gasteiger partial charge < -0.3 is 0 Å². The summed E-state index contributed by atoms with van der Waals surface area (Å²) in [6.07, 6.45) is 0. The molecule has 0 aliphatic rings. The highest BCUT2D eigenvalue weighted by molar-refractivity contribution is 7.98. The van der Waals surface area contributed by atoms with Gasteiger partial charge in [0, 0.05) is 29.1 Å². The van der Waals surface area contributed by atoms with Crippen LogP contribution in [-0.2, 0) is 5.75 Å². The summed E-state index contributed by atoms with van der Waals surface area (Å²) in [6, 6.07) is 22.3. The average molecular weight is 406 g/mol. The number of non-ortho nitro benzene ring substituents is 1. The molecule has 0 aliphatic carbocycles. The van der Waals surface area contributed by atoms with Gasteiger partial charge in [-0.05, 0) is 35.9 Å². The largest absolute Gasteiger partial charge is 0.270 e. The first-order valence-electron chi connectivity index (χ1n) is 8.75. The van der Waals surface area contributed by atoms with Crippen molar-refractivity contribution in [2.24, 2.45) is 0 Å². The summed E-state index contributed by atoms with van der Waals surface area (Å²) in [4.78, 5) is 10.5. The van der Waals surface area contributed by atoms with Gasteiger partial charge in [0.05, 0.1) is 4.92 Å². The molecule has 8 heteroatoms. The van der Waals surface area contributed by atoms with Crippen LogP contribution in [0.4, 0.5) is 10.1 Å². The zero-order valence-corrected chi connectivity index (χ0v) is 15.9. The van der Waals surface area contributed by atoms with E-state index in [-0.39, 0.29) is 11.5 Å². The van der Waals surface area contributed by atoms with Gasteiger partial charge in [-0.3, -0.25) is 14.7 Å². The van der Waals surface area contributed by atoms with Gasteiger partial charge >= 0.3 is 0 Å².